The minimum absolute atomic E-state index is 0.0517. The highest BCUT2D eigenvalue weighted by Crippen LogP contribution is 2.26. The second-order valence-electron chi connectivity index (χ2n) is 8.65. The van der Waals surface area contributed by atoms with Crippen LogP contribution in [0.5, 0.6) is 0 Å². The zero-order valence-electron chi connectivity index (χ0n) is 17.4. The molecular weight excluding hydrogens is 370 g/mol. The molecule has 0 unspecified atom stereocenters. The average Bonchev–Trinajstić information content (AvgIpc) is 3.16. The van der Waals surface area contributed by atoms with E-state index in [2.05, 4.69) is 43.1 Å². The summed E-state index contributed by atoms with van der Waals surface area (Å²) in [4.78, 5) is 33.5. The molecule has 1 fully saturated rings. The molecule has 150 valence electrons. The van der Waals surface area contributed by atoms with E-state index in [1.165, 1.54) is 16.9 Å². The predicted octanol–water partition coefficient (Wildman–Crippen LogP) is 4.26. The molecule has 3 rings (SSSR count). The Balaban J connectivity index is 1.64. The topological polar surface area (TPSA) is 53.5 Å². The summed E-state index contributed by atoms with van der Waals surface area (Å²) in [7, 11) is 0. The summed E-state index contributed by atoms with van der Waals surface area (Å²) in [6.45, 7) is 12.4. The van der Waals surface area contributed by atoms with Gasteiger partial charge in [-0.1, -0.05) is 58.9 Å². The van der Waals surface area contributed by atoms with Crippen molar-refractivity contribution in [2.75, 3.05) is 26.2 Å². The first-order valence-corrected chi connectivity index (χ1v) is 10.7. The number of carbonyl (C=O) groups is 2. The monoisotopic (exact) mass is 399 g/mol. The highest BCUT2D eigenvalue weighted by molar-refractivity contribution is 7.13. The van der Waals surface area contributed by atoms with Crippen molar-refractivity contribution >= 4 is 23.2 Å². The Bertz CT molecular complexity index is 841. The summed E-state index contributed by atoms with van der Waals surface area (Å²) >= 11 is 1.49. The lowest BCUT2D eigenvalue weighted by molar-refractivity contribution is -0.140. The van der Waals surface area contributed by atoms with Gasteiger partial charge in [0.25, 0.3) is 5.91 Å². The van der Waals surface area contributed by atoms with Crippen molar-refractivity contribution in [3.8, 4) is 10.6 Å². The maximum atomic E-state index is 12.8. The van der Waals surface area contributed by atoms with Crippen molar-refractivity contribution in [3.63, 3.8) is 0 Å². The van der Waals surface area contributed by atoms with E-state index in [1.807, 2.05) is 31.1 Å². The molecule has 2 amide bonds. The Morgan fingerprint density at radius 3 is 2.11 bits per heavy atom. The van der Waals surface area contributed by atoms with Crippen LogP contribution in [-0.2, 0) is 4.79 Å². The number of thiazole rings is 1. The number of benzene rings is 1. The third-order valence-electron chi connectivity index (χ3n) is 5.04. The Morgan fingerprint density at radius 1 is 1.00 bits per heavy atom. The first kappa shape index (κ1) is 20.5. The number of piperazine rings is 1. The molecule has 1 aromatic heterocycles. The zero-order chi connectivity index (χ0) is 20.5. The van der Waals surface area contributed by atoms with E-state index in [1.54, 1.807) is 4.90 Å². The van der Waals surface area contributed by atoms with Gasteiger partial charge in [-0.15, -0.1) is 11.3 Å². The molecule has 1 aliphatic heterocycles. The standard InChI is InChI=1S/C22H29N3O2S/c1-15(2)16-6-8-17(9-7-16)19-23-18(14-28-19)20(26)24-10-12-25(13-11-24)21(27)22(3,4)5/h6-9,14-15H,10-13H2,1-5H3. The number of hydrogen-bond acceptors (Lipinski definition) is 4. The Labute approximate surface area is 171 Å². The normalized spacial score (nSPS) is 15.2. The van der Waals surface area contributed by atoms with Crippen molar-refractivity contribution in [1.82, 2.24) is 14.8 Å². The van der Waals surface area contributed by atoms with Crippen LogP contribution in [0.3, 0.4) is 0 Å². The molecule has 0 atom stereocenters. The second-order valence-corrected chi connectivity index (χ2v) is 9.51. The van der Waals surface area contributed by atoms with E-state index < -0.39 is 0 Å². The van der Waals surface area contributed by atoms with Gasteiger partial charge in [-0.25, -0.2) is 4.98 Å². The van der Waals surface area contributed by atoms with Crippen LogP contribution >= 0.6 is 11.3 Å². The van der Waals surface area contributed by atoms with E-state index in [0.717, 1.165) is 10.6 Å². The van der Waals surface area contributed by atoms with Gasteiger partial charge in [0.15, 0.2) is 0 Å². The molecule has 0 radical (unpaired) electrons. The van der Waals surface area contributed by atoms with Crippen LogP contribution in [0.25, 0.3) is 10.6 Å². The molecule has 0 spiro atoms. The number of hydrogen-bond donors (Lipinski definition) is 0. The molecule has 28 heavy (non-hydrogen) atoms. The number of amides is 2. The summed E-state index contributed by atoms with van der Waals surface area (Å²) in [5, 5.41) is 2.70. The molecule has 0 bridgehead atoms. The fourth-order valence-corrected chi connectivity index (χ4v) is 4.06. The van der Waals surface area contributed by atoms with Crippen molar-refractivity contribution in [1.29, 1.82) is 0 Å². The number of aromatic nitrogens is 1. The fraction of sp³-hybridized carbons (Fsp3) is 0.500. The molecule has 5 nitrogen and oxygen atoms in total. The van der Waals surface area contributed by atoms with E-state index >= 15 is 0 Å². The minimum Gasteiger partial charge on any atom is -0.339 e. The number of nitrogens with zero attached hydrogens (tertiary/aromatic N) is 3. The highest BCUT2D eigenvalue weighted by Gasteiger charge is 2.31. The van der Waals surface area contributed by atoms with Crippen molar-refractivity contribution < 1.29 is 9.59 Å². The highest BCUT2D eigenvalue weighted by atomic mass is 32.1. The van der Waals surface area contributed by atoms with Gasteiger partial charge in [-0.05, 0) is 11.5 Å². The zero-order valence-corrected chi connectivity index (χ0v) is 18.2. The van der Waals surface area contributed by atoms with Gasteiger partial charge in [0.05, 0.1) is 0 Å². The Kier molecular flexibility index (Phi) is 5.89. The number of carbonyl (C=O) groups excluding carboxylic acids is 2. The fourth-order valence-electron chi connectivity index (χ4n) is 3.26. The quantitative estimate of drug-likeness (QED) is 0.775. The van der Waals surface area contributed by atoms with Gasteiger partial charge in [-0.3, -0.25) is 9.59 Å². The van der Waals surface area contributed by atoms with E-state index in [0.29, 0.717) is 37.8 Å². The number of rotatable bonds is 3. The summed E-state index contributed by atoms with van der Waals surface area (Å²) in [5.74, 6) is 0.580. The molecule has 0 aliphatic carbocycles. The van der Waals surface area contributed by atoms with Gasteiger partial charge in [0.1, 0.15) is 10.7 Å². The van der Waals surface area contributed by atoms with Crippen LogP contribution in [0.1, 0.15) is 56.6 Å². The van der Waals surface area contributed by atoms with Crippen LogP contribution in [0.2, 0.25) is 0 Å². The van der Waals surface area contributed by atoms with Crippen LogP contribution < -0.4 is 0 Å². The lowest BCUT2D eigenvalue weighted by Crippen LogP contribution is -2.53. The van der Waals surface area contributed by atoms with Gasteiger partial charge < -0.3 is 9.80 Å². The second kappa shape index (κ2) is 8.03. The molecule has 6 heteroatoms. The van der Waals surface area contributed by atoms with Gasteiger partial charge >= 0.3 is 0 Å². The molecule has 2 aromatic rings. The smallest absolute Gasteiger partial charge is 0.273 e. The predicted molar refractivity (Wildman–Crippen MR) is 114 cm³/mol. The summed E-state index contributed by atoms with van der Waals surface area (Å²) in [6, 6.07) is 8.38. The van der Waals surface area contributed by atoms with Crippen molar-refractivity contribution in [2.24, 2.45) is 5.41 Å². The average molecular weight is 400 g/mol. The van der Waals surface area contributed by atoms with E-state index in [-0.39, 0.29) is 17.2 Å². The Hall–Kier alpha value is -2.21. The summed E-state index contributed by atoms with van der Waals surface area (Å²) in [6.07, 6.45) is 0. The van der Waals surface area contributed by atoms with Crippen LogP contribution in [0.4, 0.5) is 0 Å². The summed E-state index contributed by atoms with van der Waals surface area (Å²) in [5.41, 5.74) is 2.43. The lowest BCUT2D eigenvalue weighted by Gasteiger charge is -2.37. The molecule has 1 saturated heterocycles. The molecule has 0 N–H and O–H groups in total. The molecular formula is C22H29N3O2S. The van der Waals surface area contributed by atoms with Crippen LogP contribution in [0, 0.1) is 5.41 Å². The SMILES string of the molecule is CC(C)c1ccc(-c2nc(C(=O)N3CCN(C(=O)C(C)(C)C)CC3)cs2)cc1. The summed E-state index contributed by atoms with van der Waals surface area (Å²) < 4.78 is 0. The van der Waals surface area contributed by atoms with Crippen LogP contribution in [0.15, 0.2) is 29.6 Å². The van der Waals surface area contributed by atoms with Crippen molar-refractivity contribution in [3.05, 3.63) is 40.9 Å². The van der Waals surface area contributed by atoms with Gasteiger partial charge in [0.2, 0.25) is 5.91 Å². The molecule has 0 saturated carbocycles. The van der Waals surface area contributed by atoms with Crippen molar-refractivity contribution in [2.45, 2.75) is 40.5 Å². The van der Waals surface area contributed by atoms with E-state index in [4.69, 9.17) is 0 Å². The maximum Gasteiger partial charge on any atom is 0.273 e. The maximum absolute atomic E-state index is 12.8. The first-order valence-electron chi connectivity index (χ1n) is 9.81. The lowest BCUT2D eigenvalue weighted by atomic mass is 9.94. The molecule has 1 aliphatic rings. The first-order chi connectivity index (χ1) is 13.2. The van der Waals surface area contributed by atoms with E-state index in [9.17, 15) is 9.59 Å². The molecule has 1 aromatic carbocycles. The van der Waals surface area contributed by atoms with Gasteiger partial charge in [0, 0.05) is 42.5 Å². The third kappa shape index (κ3) is 4.43. The largest absolute Gasteiger partial charge is 0.339 e. The van der Waals surface area contributed by atoms with Gasteiger partial charge in [-0.2, -0.15) is 0 Å². The minimum atomic E-state index is -0.388. The Morgan fingerprint density at radius 2 is 1.57 bits per heavy atom. The molecule has 2 heterocycles. The van der Waals surface area contributed by atoms with Crippen LogP contribution in [-0.4, -0.2) is 52.8 Å². The third-order valence-corrected chi connectivity index (χ3v) is 5.93.